The van der Waals surface area contributed by atoms with Crippen LogP contribution in [0.2, 0.25) is 0 Å². The zero-order chi connectivity index (χ0) is 13.1. The van der Waals surface area contributed by atoms with Gasteiger partial charge in [-0.15, -0.1) is 0 Å². The molecule has 0 spiro atoms. The first-order chi connectivity index (χ1) is 9.40. The molecule has 3 heteroatoms. The van der Waals surface area contributed by atoms with Crippen LogP contribution in [0.15, 0.2) is 64.3 Å². The summed E-state index contributed by atoms with van der Waals surface area (Å²) < 4.78 is 10.6. The molecule has 0 saturated carbocycles. The lowest BCUT2D eigenvalue weighted by Crippen LogP contribution is -1.99. The van der Waals surface area contributed by atoms with Gasteiger partial charge in [0.05, 0.1) is 0 Å². The van der Waals surface area contributed by atoms with Crippen LogP contribution in [-0.4, -0.2) is 13.9 Å². The van der Waals surface area contributed by atoms with E-state index in [2.05, 4.69) is 47.2 Å². The minimum Gasteiger partial charge on any atom is -0.467 e. The minimum atomic E-state index is -0.313. The molecule has 2 aromatic carbocycles. The maximum absolute atomic E-state index is 5.64. The highest BCUT2D eigenvalue weighted by Gasteiger charge is 2.10. The van der Waals surface area contributed by atoms with Gasteiger partial charge in [-0.2, -0.15) is 10.9 Å². The minimum absolute atomic E-state index is 0.276. The Hall–Kier alpha value is -1.71. The van der Waals surface area contributed by atoms with E-state index in [1.807, 2.05) is 12.1 Å². The molecule has 0 fully saturated rings. The predicted octanol–water partition coefficient (Wildman–Crippen LogP) is 4.22. The van der Waals surface area contributed by atoms with Crippen molar-refractivity contribution in [1.29, 1.82) is 0 Å². The molecule has 0 bridgehead atoms. The maximum atomic E-state index is 5.64. The average Bonchev–Trinajstić information content (AvgIpc) is 2.98. The molecule has 3 rings (SSSR count). The Morgan fingerprint density at radius 2 is 1.68 bits per heavy atom. The Labute approximate surface area is 115 Å². The van der Waals surface area contributed by atoms with Crippen LogP contribution in [0.5, 0.6) is 5.75 Å². The molecule has 0 amide bonds. The second-order valence-electron chi connectivity index (χ2n) is 4.27. The van der Waals surface area contributed by atoms with E-state index in [0.717, 1.165) is 11.1 Å². The largest absolute Gasteiger partial charge is 0.467 e. The van der Waals surface area contributed by atoms with E-state index in [-0.39, 0.29) is 17.7 Å². The normalized spacial score (nSPS) is 15.3. The molecule has 0 aliphatic carbocycles. The zero-order valence-corrected chi connectivity index (χ0v) is 11.6. The van der Waals surface area contributed by atoms with Gasteiger partial charge >= 0.3 is 0 Å². The second kappa shape index (κ2) is 5.51. The van der Waals surface area contributed by atoms with Gasteiger partial charge in [0.15, 0.2) is 6.79 Å². The molecule has 2 aromatic rings. The number of allylic oxidation sites excluding steroid dienone is 2. The van der Waals surface area contributed by atoms with Gasteiger partial charge < -0.3 is 9.47 Å². The first-order valence-electron chi connectivity index (χ1n) is 6.17. The van der Waals surface area contributed by atoms with Crippen molar-refractivity contribution in [3.05, 3.63) is 59.4 Å². The van der Waals surface area contributed by atoms with Crippen molar-refractivity contribution in [1.82, 2.24) is 0 Å². The van der Waals surface area contributed by atoms with Crippen molar-refractivity contribution in [2.75, 3.05) is 13.9 Å². The van der Waals surface area contributed by atoms with Crippen molar-refractivity contribution in [3.63, 3.8) is 0 Å². The summed E-state index contributed by atoms with van der Waals surface area (Å²) in [7, 11) is 1.32. The third-order valence-electron chi connectivity index (χ3n) is 3.08. The number of hydrogen-bond acceptors (Lipinski definition) is 2. The van der Waals surface area contributed by atoms with Gasteiger partial charge in [0, 0.05) is 17.4 Å². The number of thiol groups is 1. The monoisotopic (exact) mass is 272 g/mol. The number of ether oxygens (including phenoxy) is 2. The number of hydrogen-bond donors (Lipinski definition) is 1. The van der Waals surface area contributed by atoms with E-state index in [0.29, 0.717) is 0 Å². The Morgan fingerprint density at radius 3 is 2.42 bits per heavy atom. The molecule has 0 unspecified atom stereocenters. The van der Waals surface area contributed by atoms with Crippen LogP contribution in [0.4, 0.5) is 0 Å². The van der Waals surface area contributed by atoms with Crippen LogP contribution in [-0.2, 0) is 4.74 Å². The average molecular weight is 272 g/mol. The van der Waals surface area contributed by atoms with Crippen LogP contribution in [0.1, 0.15) is 0 Å². The summed E-state index contributed by atoms with van der Waals surface area (Å²) in [6.45, 7) is 0.276. The zero-order valence-electron chi connectivity index (χ0n) is 10.7. The van der Waals surface area contributed by atoms with Crippen LogP contribution < -0.4 is 4.74 Å². The van der Waals surface area contributed by atoms with Crippen LogP contribution in [0.3, 0.4) is 0 Å². The fourth-order valence-electron chi connectivity index (χ4n) is 2.22. The summed E-state index contributed by atoms with van der Waals surface area (Å²) >= 11 is 0. The number of benzene rings is 2. The van der Waals surface area contributed by atoms with Gasteiger partial charge in [0.25, 0.3) is 0 Å². The lowest BCUT2D eigenvalue weighted by molar-refractivity contribution is 0.0522. The van der Waals surface area contributed by atoms with Crippen molar-refractivity contribution in [2.45, 2.75) is 4.90 Å². The summed E-state index contributed by atoms with van der Waals surface area (Å²) in [5, 5.41) is 6.95. The Morgan fingerprint density at radius 1 is 0.947 bits per heavy atom. The topological polar surface area (TPSA) is 18.5 Å². The van der Waals surface area contributed by atoms with Gasteiger partial charge in [-0.05, 0) is 28.3 Å². The highest BCUT2D eigenvalue weighted by atomic mass is 32.2. The first-order valence-corrected chi connectivity index (χ1v) is 7.65. The molecule has 0 radical (unpaired) electrons. The molecule has 19 heavy (non-hydrogen) atoms. The predicted molar refractivity (Wildman–Crippen MR) is 82.0 cm³/mol. The van der Waals surface area contributed by atoms with E-state index in [1.54, 1.807) is 7.11 Å². The van der Waals surface area contributed by atoms with E-state index in [9.17, 15) is 0 Å². The highest BCUT2D eigenvalue weighted by molar-refractivity contribution is 8.22. The Bertz CT molecular complexity index is 634. The van der Waals surface area contributed by atoms with E-state index in [4.69, 9.17) is 9.47 Å². The van der Waals surface area contributed by atoms with E-state index in [1.165, 1.54) is 10.3 Å². The van der Waals surface area contributed by atoms with Crippen molar-refractivity contribution >= 4 is 21.7 Å². The van der Waals surface area contributed by atoms with Crippen LogP contribution in [0.25, 0.3) is 10.8 Å². The molecular weight excluding hydrogens is 256 g/mol. The van der Waals surface area contributed by atoms with Crippen molar-refractivity contribution in [2.24, 2.45) is 0 Å². The summed E-state index contributed by atoms with van der Waals surface area (Å²) in [6, 6.07) is 12.6. The van der Waals surface area contributed by atoms with Crippen LogP contribution >= 0.6 is 10.9 Å². The Kier molecular flexibility index (Phi) is 3.58. The Balaban J connectivity index is 2.10. The fourth-order valence-corrected chi connectivity index (χ4v) is 3.93. The summed E-state index contributed by atoms with van der Waals surface area (Å²) in [4.78, 5) is 1.38. The van der Waals surface area contributed by atoms with E-state index >= 15 is 0 Å². The molecule has 1 heterocycles. The van der Waals surface area contributed by atoms with Crippen molar-refractivity contribution in [3.8, 4) is 5.75 Å². The molecule has 0 saturated heterocycles. The lowest BCUT2D eigenvalue weighted by Gasteiger charge is -2.16. The van der Waals surface area contributed by atoms with Gasteiger partial charge in [0.2, 0.25) is 0 Å². The lowest BCUT2D eigenvalue weighted by atomic mass is 10.1. The van der Waals surface area contributed by atoms with Gasteiger partial charge in [-0.3, -0.25) is 0 Å². The third kappa shape index (κ3) is 2.39. The summed E-state index contributed by atoms with van der Waals surface area (Å²) in [5.41, 5.74) is 0. The summed E-state index contributed by atoms with van der Waals surface area (Å²) in [6.07, 6.45) is 4.24. The van der Waals surface area contributed by atoms with Gasteiger partial charge in [-0.1, -0.05) is 36.4 Å². The SMILES string of the molecule is COCOc1ccc([SH]2C=CC=C2)c2ccccc12. The quantitative estimate of drug-likeness (QED) is 0.663. The summed E-state index contributed by atoms with van der Waals surface area (Å²) in [5.74, 6) is 0.878. The molecule has 1 aliphatic heterocycles. The smallest absolute Gasteiger partial charge is 0.188 e. The van der Waals surface area contributed by atoms with Gasteiger partial charge in [0.1, 0.15) is 5.75 Å². The molecule has 1 aliphatic rings. The highest BCUT2D eigenvalue weighted by Crippen LogP contribution is 2.46. The van der Waals surface area contributed by atoms with Gasteiger partial charge in [-0.25, -0.2) is 0 Å². The first kappa shape index (κ1) is 12.3. The third-order valence-corrected chi connectivity index (χ3v) is 5.01. The molecule has 98 valence electrons. The standard InChI is InChI=1S/C16H16O2S/c1-17-12-18-15-8-9-16(19-10-4-5-11-19)14-7-3-2-6-13(14)15/h2-11,19H,12H2,1H3. The second-order valence-corrected chi connectivity index (χ2v) is 6.16. The van der Waals surface area contributed by atoms with Crippen LogP contribution in [0, 0.1) is 0 Å². The number of rotatable bonds is 4. The molecule has 0 N–H and O–H groups in total. The number of methoxy groups -OCH3 is 1. The molecular formula is C16H16O2S. The number of fused-ring (bicyclic) bond motifs is 1. The molecule has 0 aromatic heterocycles. The maximum Gasteiger partial charge on any atom is 0.188 e. The van der Waals surface area contributed by atoms with E-state index < -0.39 is 0 Å². The fraction of sp³-hybridized carbons (Fsp3) is 0.125. The molecule has 2 nitrogen and oxygen atoms in total. The molecule has 0 atom stereocenters. The van der Waals surface area contributed by atoms with Crippen molar-refractivity contribution < 1.29 is 9.47 Å².